The first-order chi connectivity index (χ1) is 15.7. The minimum absolute atomic E-state index is 0.312. The second-order valence-corrected chi connectivity index (χ2v) is 9.01. The van der Waals surface area contributed by atoms with Gasteiger partial charge >= 0.3 is 5.97 Å². The molecule has 2 aromatic carbocycles. The van der Waals surface area contributed by atoms with Gasteiger partial charge in [0, 0.05) is 15.5 Å². The first-order valence-corrected chi connectivity index (χ1v) is 11.6. The summed E-state index contributed by atoms with van der Waals surface area (Å²) in [5.41, 5.74) is 2.68. The Bertz CT molecular complexity index is 1160. The number of methoxy groups -OCH3 is 1. The first kappa shape index (κ1) is 24.6. The fourth-order valence-electron chi connectivity index (χ4n) is 3.36. The summed E-state index contributed by atoms with van der Waals surface area (Å²) in [6.45, 7) is 7.88. The molecule has 3 aromatic rings. The monoisotopic (exact) mass is 487 g/mol. The number of nitrogens with one attached hydrogen (secondary N) is 1. The van der Waals surface area contributed by atoms with E-state index in [-0.39, 0.29) is 5.91 Å². The van der Waals surface area contributed by atoms with E-state index in [4.69, 9.17) is 25.8 Å². The van der Waals surface area contributed by atoms with Gasteiger partial charge in [-0.05, 0) is 69.2 Å². The zero-order valence-corrected chi connectivity index (χ0v) is 20.7. The number of hydrogen-bond acceptors (Lipinski definition) is 6. The molecule has 174 valence electrons. The highest BCUT2D eigenvalue weighted by Gasteiger charge is 2.27. The van der Waals surface area contributed by atoms with E-state index < -0.39 is 12.1 Å². The quantitative estimate of drug-likeness (QED) is 0.379. The maximum absolute atomic E-state index is 12.9. The fraction of sp³-hybridized carbons (Fsp3) is 0.280. The van der Waals surface area contributed by atoms with Gasteiger partial charge in [0.1, 0.15) is 22.1 Å². The topological polar surface area (TPSA) is 73.9 Å². The average molecular weight is 488 g/mol. The van der Waals surface area contributed by atoms with Crippen LogP contribution < -0.4 is 14.8 Å². The third-order valence-corrected chi connectivity index (χ3v) is 6.23. The molecule has 0 aliphatic heterocycles. The van der Waals surface area contributed by atoms with Gasteiger partial charge in [-0.15, -0.1) is 11.3 Å². The predicted molar refractivity (Wildman–Crippen MR) is 132 cm³/mol. The standard InChI is InChI=1S/C25H26ClNO5S/c1-6-31-19-10-7-17(8-11-19)21-16(4)33-24(22(21)25(29)30-5)27-23(28)15(3)32-20-12-9-18(26)13-14(20)2/h7-13,15H,6H2,1-5H3,(H,27,28). The molecule has 0 aliphatic rings. The van der Waals surface area contributed by atoms with E-state index in [2.05, 4.69) is 5.32 Å². The number of aryl methyl sites for hydroxylation is 2. The van der Waals surface area contributed by atoms with Crippen LogP contribution in [0.1, 0.15) is 34.6 Å². The van der Waals surface area contributed by atoms with E-state index in [0.29, 0.717) is 33.5 Å². The van der Waals surface area contributed by atoms with E-state index in [1.165, 1.54) is 18.4 Å². The summed E-state index contributed by atoms with van der Waals surface area (Å²) in [4.78, 5) is 26.5. The van der Waals surface area contributed by atoms with Crippen molar-refractivity contribution in [2.24, 2.45) is 0 Å². The molecule has 1 N–H and O–H groups in total. The number of amides is 1. The SMILES string of the molecule is CCOc1ccc(-c2c(C)sc(NC(=O)C(C)Oc3ccc(Cl)cc3C)c2C(=O)OC)cc1. The van der Waals surface area contributed by atoms with Gasteiger partial charge in [-0.25, -0.2) is 4.79 Å². The molecular weight excluding hydrogens is 462 g/mol. The lowest BCUT2D eigenvalue weighted by Crippen LogP contribution is -2.30. The Morgan fingerprint density at radius 1 is 1.12 bits per heavy atom. The molecule has 3 rings (SSSR count). The van der Waals surface area contributed by atoms with E-state index in [1.807, 2.05) is 45.0 Å². The van der Waals surface area contributed by atoms with Crippen LogP contribution in [0.15, 0.2) is 42.5 Å². The van der Waals surface area contributed by atoms with Crippen LogP contribution >= 0.6 is 22.9 Å². The number of carbonyl (C=O) groups is 2. The molecule has 0 fully saturated rings. The van der Waals surface area contributed by atoms with E-state index in [9.17, 15) is 9.59 Å². The second kappa shape index (κ2) is 10.7. The number of hydrogen-bond donors (Lipinski definition) is 1. The molecular formula is C25H26ClNO5S. The van der Waals surface area contributed by atoms with Gasteiger partial charge in [0.05, 0.1) is 13.7 Å². The molecule has 0 bridgehead atoms. The Morgan fingerprint density at radius 2 is 1.82 bits per heavy atom. The molecule has 1 aromatic heterocycles. The summed E-state index contributed by atoms with van der Waals surface area (Å²) < 4.78 is 16.4. The van der Waals surface area contributed by atoms with Crippen molar-refractivity contribution in [3.8, 4) is 22.6 Å². The Hall–Kier alpha value is -3.03. The summed E-state index contributed by atoms with van der Waals surface area (Å²) >= 11 is 7.31. The maximum atomic E-state index is 12.9. The molecule has 6 nitrogen and oxygen atoms in total. The van der Waals surface area contributed by atoms with Crippen molar-refractivity contribution in [1.29, 1.82) is 0 Å². The van der Waals surface area contributed by atoms with Crippen LogP contribution in [0.3, 0.4) is 0 Å². The highest BCUT2D eigenvalue weighted by molar-refractivity contribution is 7.17. The van der Waals surface area contributed by atoms with Crippen LogP contribution in [-0.4, -0.2) is 31.7 Å². The summed E-state index contributed by atoms with van der Waals surface area (Å²) in [7, 11) is 1.32. The molecule has 1 unspecified atom stereocenters. The van der Waals surface area contributed by atoms with Crippen molar-refractivity contribution >= 4 is 39.8 Å². The van der Waals surface area contributed by atoms with E-state index in [0.717, 1.165) is 21.8 Å². The minimum atomic E-state index is -0.799. The Balaban J connectivity index is 1.88. The van der Waals surface area contributed by atoms with Crippen molar-refractivity contribution < 1.29 is 23.8 Å². The van der Waals surface area contributed by atoms with Gasteiger partial charge in [0.25, 0.3) is 5.91 Å². The normalized spacial score (nSPS) is 11.6. The molecule has 8 heteroatoms. The van der Waals surface area contributed by atoms with Crippen molar-refractivity contribution in [2.45, 2.75) is 33.8 Å². The molecule has 0 saturated heterocycles. The molecule has 1 amide bonds. The van der Waals surface area contributed by atoms with Crippen molar-refractivity contribution in [3.05, 3.63) is 63.5 Å². The molecule has 0 saturated carbocycles. The lowest BCUT2D eigenvalue weighted by molar-refractivity contribution is -0.122. The number of rotatable bonds is 8. The number of carbonyl (C=O) groups excluding carboxylic acids is 2. The van der Waals surface area contributed by atoms with Crippen molar-refractivity contribution in [1.82, 2.24) is 0 Å². The third-order valence-electron chi connectivity index (χ3n) is 4.97. The van der Waals surface area contributed by atoms with E-state index >= 15 is 0 Å². The highest BCUT2D eigenvalue weighted by Crippen LogP contribution is 2.41. The van der Waals surface area contributed by atoms with Crippen LogP contribution in [0.4, 0.5) is 5.00 Å². The zero-order chi connectivity index (χ0) is 24.1. The van der Waals surface area contributed by atoms with E-state index in [1.54, 1.807) is 25.1 Å². The number of ether oxygens (including phenoxy) is 3. The van der Waals surface area contributed by atoms with Gasteiger partial charge in [0.15, 0.2) is 6.10 Å². The largest absolute Gasteiger partial charge is 0.494 e. The van der Waals surface area contributed by atoms with Gasteiger partial charge < -0.3 is 19.5 Å². The van der Waals surface area contributed by atoms with Crippen molar-refractivity contribution in [2.75, 3.05) is 19.0 Å². The summed E-state index contributed by atoms with van der Waals surface area (Å²) in [6, 6.07) is 12.7. The number of halogens is 1. The lowest BCUT2D eigenvalue weighted by atomic mass is 10.0. The van der Waals surface area contributed by atoms with Gasteiger partial charge in [-0.3, -0.25) is 4.79 Å². The molecule has 1 heterocycles. The predicted octanol–water partition coefficient (Wildman–Crippen LogP) is 6.28. The number of thiophene rings is 1. The van der Waals surface area contributed by atoms with Crippen LogP contribution in [0.5, 0.6) is 11.5 Å². The zero-order valence-electron chi connectivity index (χ0n) is 19.2. The molecule has 0 radical (unpaired) electrons. The number of esters is 1. The first-order valence-electron chi connectivity index (χ1n) is 10.4. The summed E-state index contributed by atoms with van der Waals surface area (Å²) in [5, 5.41) is 3.85. The minimum Gasteiger partial charge on any atom is -0.494 e. The molecule has 33 heavy (non-hydrogen) atoms. The van der Waals surface area contributed by atoms with Crippen LogP contribution in [0.25, 0.3) is 11.1 Å². The molecule has 1 atom stereocenters. The van der Waals surface area contributed by atoms with Crippen LogP contribution in [0.2, 0.25) is 5.02 Å². The maximum Gasteiger partial charge on any atom is 0.341 e. The molecule has 0 aliphatic carbocycles. The number of benzene rings is 2. The third kappa shape index (κ3) is 5.67. The average Bonchev–Trinajstić information content (AvgIpc) is 3.11. The Kier molecular flexibility index (Phi) is 8.00. The van der Waals surface area contributed by atoms with Gasteiger partial charge in [0.2, 0.25) is 0 Å². The smallest absolute Gasteiger partial charge is 0.341 e. The van der Waals surface area contributed by atoms with Crippen molar-refractivity contribution in [3.63, 3.8) is 0 Å². The Labute approximate surface area is 202 Å². The number of anilines is 1. The second-order valence-electron chi connectivity index (χ2n) is 7.35. The van der Waals surface area contributed by atoms with Gasteiger partial charge in [-0.1, -0.05) is 23.7 Å². The van der Waals surface area contributed by atoms with Crippen LogP contribution in [-0.2, 0) is 9.53 Å². The highest BCUT2D eigenvalue weighted by atomic mass is 35.5. The lowest BCUT2D eigenvalue weighted by Gasteiger charge is -2.16. The van der Waals surface area contributed by atoms with Crippen LogP contribution in [0, 0.1) is 13.8 Å². The Morgan fingerprint density at radius 3 is 2.42 bits per heavy atom. The fourth-order valence-corrected chi connectivity index (χ4v) is 4.66. The van der Waals surface area contributed by atoms with Gasteiger partial charge in [-0.2, -0.15) is 0 Å². The molecule has 0 spiro atoms. The summed E-state index contributed by atoms with van der Waals surface area (Å²) in [5.74, 6) is 0.396. The summed E-state index contributed by atoms with van der Waals surface area (Å²) in [6.07, 6.45) is -0.799.